The Morgan fingerprint density at radius 2 is 1.66 bits per heavy atom. The van der Waals surface area contributed by atoms with Crippen LogP contribution in [0.2, 0.25) is 0 Å². The monoisotopic (exact) mass is 514 g/mol. The minimum Gasteiger partial charge on any atom is -0.453 e. The molecule has 3 amide bonds. The zero-order valence-electron chi connectivity index (χ0n) is 22.0. The van der Waals surface area contributed by atoms with Gasteiger partial charge in [0.1, 0.15) is 6.04 Å². The number of nitrogens with zero attached hydrogens (tertiary/aromatic N) is 1. The Morgan fingerprint density at radius 3 is 2.34 bits per heavy atom. The molecule has 1 heterocycles. The first-order chi connectivity index (χ1) is 18.2. The summed E-state index contributed by atoms with van der Waals surface area (Å²) in [6.45, 7) is 4.45. The van der Waals surface area contributed by atoms with E-state index in [9.17, 15) is 14.4 Å². The fraction of sp³-hybridized carbons (Fsp3) is 0.300. The van der Waals surface area contributed by atoms with Gasteiger partial charge in [0.15, 0.2) is 0 Å². The fourth-order valence-corrected chi connectivity index (χ4v) is 4.52. The molecule has 1 atom stereocenters. The van der Waals surface area contributed by atoms with Crippen LogP contribution >= 0.6 is 0 Å². The van der Waals surface area contributed by atoms with E-state index in [0.29, 0.717) is 26.1 Å². The lowest BCUT2D eigenvalue weighted by atomic mass is 9.98. The number of ether oxygens (including phenoxy) is 1. The Kier molecular flexibility index (Phi) is 8.12. The van der Waals surface area contributed by atoms with Gasteiger partial charge in [-0.1, -0.05) is 72.8 Å². The molecule has 198 valence electrons. The zero-order valence-corrected chi connectivity index (χ0v) is 22.0. The summed E-state index contributed by atoms with van der Waals surface area (Å²) in [5.74, 6) is -0.498. The lowest BCUT2D eigenvalue weighted by molar-refractivity contribution is -0.138. The van der Waals surface area contributed by atoms with Gasteiger partial charge >= 0.3 is 6.09 Å². The third-order valence-electron chi connectivity index (χ3n) is 6.67. The van der Waals surface area contributed by atoms with Crippen LogP contribution in [-0.2, 0) is 40.4 Å². The van der Waals surface area contributed by atoms with Gasteiger partial charge < -0.3 is 26.0 Å². The lowest BCUT2D eigenvalue weighted by Gasteiger charge is -2.27. The Labute approximate surface area is 223 Å². The van der Waals surface area contributed by atoms with Crippen LogP contribution in [-0.4, -0.2) is 41.5 Å². The van der Waals surface area contributed by atoms with Crippen molar-refractivity contribution >= 4 is 17.9 Å². The molecular formula is C30H34N4O4. The molecule has 0 radical (unpaired) electrons. The number of carbonyl (C=O) groups is 3. The summed E-state index contributed by atoms with van der Waals surface area (Å²) in [6, 6.07) is 23.1. The van der Waals surface area contributed by atoms with E-state index < -0.39 is 17.7 Å². The number of benzene rings is 3. The smallest absolute Gasteiger partial charge is 0.407 e. The van der Waals surface area contributed by atoms with Crippen molar-refractivity contribution in [2.24, 2.45) is 5.73 Å². The molecule has 4 rings (SSSR count). The maximum atomic E-state index is 13.6. The Bertz CT molecular complexity index is 1310. The average Bonchev–Trinajstić information content (AvgIpc) is 3.03. The summed E-state index contributed by atoms with van der Waals surface area (Å²) in [5, 5.41) is 5.60. The van der Waals surface area contributed by atoms with Crippen molar-refractivity contribution in [2.75, 3.05) is 7.11 Å². The minimum absolute atomic E-state index is 0.137. The first-order valence-electron chi connectivity index (χ1n) is 12.6. The number of fused-ring (bicyclic) bond motifs is 1. The van der Waals surface area contributed by atoms with Crippen LogP contribution in [0.15, 0.2) is 72.8 Å². The van der Waals surface area contributed by atoms with Crippen molar-refractivity contribution in [1.29, 1.82) is 0 Å². The van der Waals surface area contributed by atoms with Gasteiger partial charge in [-0.2, -0.15) is 0 Å². The highest BCUT2D eigenvalue weighted by atomic mass is 16.5. The van der Waals surface area contributed by atoms with E-state index in [1.165, 1.54) is 7.11 Å². The summed E-state index contributed by atoms with van der Waals surface area (Å²) in [6.07, 6.45) is -0.0637. The van der Waals surface area contributed by atoms with E-state index in [2.05, 4.69) is 15.4 Å². The summed E-state index contributed by atoms with van der Waals surface area (Å²) in [5.41, 5.74) is 10.9. The van der Waals surface area contributed by atoms with Gasteiger partial charge in [-0.25, -0.2) is 4.79 Å². The predicted octanol–water partition coefficient (Wildman–Crippen LogP) is 3.52. The normalized spacial score (nSPS) is 15.3. The highest BCUT2D eigenvalue weighted by molar-refractivity contribution is 5.92. The van der Waals surface area contributed by atoms with Gasteiger partial charge in [-0.3, -0.25) is 9.59 Å². The first-order valence-corrected chi connectivity index (χ1v) is 12.6. The van der Waals surface area contributed by atoms with Crippen LogP contribution in [0.4, 0.5) is 4.79 Å². The first kappa shape index (κ1) is 26.9. The van der Waals surface area contributed by atoms with Gasteiger partial charge in [0.25, 0.3) is 0 Å². The van der Waals surface area contributed by atoms with E-state index in [0.717, 1.165) is 33.4 Å². The second kappa shape index (κ2) is 11.5. The van der Waals surface area contributed by atoms with Crippen molar-refractivity contribution in [3.8, 4) is 11.1 Å². The molecule has 0 saturated carbocycles. The zero-order chi connectivity index (χ0) is 27.3. The van der Waals surface area contributed by atoms with Crippen LogP contribution < -0.4 is 16.4 Å². The molecule has 0 aliphatic carbocycles. The molecule has 1 aliphatic rings. The molecule has 0 fully saturated rings. The third-order valence-corrected chi connectivity index (χ3v) is 6.67. The lowest BCUT2D eigenvalue weighted by Crippen LogP contribution is -2.56. The molecule has 38 heavy (non-hydrogen) atoms. The number of carbonyl (C=O) groups excluding carboxylic acids is 3. The molecule has 0 bridgehead atoms. The number of rotatable bonds is 7. The molecule has 4 N–H and O–H groups in total. The topological polar surface area (TPSA) is 114 Å². The van der Waals surface area contributed by atoms with Crippen molar-refractivity contribution in [3.63, 3.8) is 0 Å². The third kappa shape index (κ3) is 6.39. The summed E-state index contributed by atoms with van der Waals surface area (Å²) >= 11 is 0. The number of methoxy groups -OCH3 is 1. The standard InChI is InChI=1S/C30H34N4O4/c1-30(2,31)28(36)33-26-16-22-8-4-5-10-24(22)19-34(27(26)35)18-20-12-14-21(15-13-20)25-11-7-6-9-23(25)17-32-29(37)38-3/h4-15,26H,16-19,31H2,1-3H3,(H,32,37)(H,33,36)/t26-/m1/s1. The van der Waals surface area contributed by atoms with Crippen LogP contribution in [0.25, 0.3) is 11.1 Å². The highest BCUT2D eigenvalue weighted by Gasteiger charge is 2.33. The van der Waals surface area contributed by atoms with Gasteiger partial charge in [-0.15, -0.1) is 0 Å². The molecule has 1 aliphatic heterocycles. The minimum atomic E-state index is -1.09. The number of nitrogens with one attached hydrogen (secondary N) is 2. The van der Waals surface area contributed by atoms with Gasteiger partial charge in [0.05, 0.1) is 12.6 Å². The van der Waals surface area contributed by atoms with Crippen LogP contribution in [0.3, 0.4) is 0 Å². The van der Waals surface area contributed by atoms with Gasteiger partial charge in [0, 0.05) is 26.1 Å². The second-order valence-electron chi connectivity index (χ2n) is 10.1. The Morgan fingerprint density at radius 1 is 1.00 bits per heavy atom. The highest BCUT2D eigenvalue weighted by Crippen LogP contribution is 2.26. The summed E-state index contributed by atoms with van der Waals surface area (Å²) < 4.78 is 4.68. The SMILES string of the molecule is COC(=O)NCc1ccccc1-c1ccc(CN2Cc3ccccc3C[C@@H](NC(=O)C(C)(C)N)C2=O)cc1. The van der Waals surface area contributed by atoms with E-state index in [1.807, 2.05) is 72.8 Å². The van der Waals surface area contributed by atoms with E-state index in [-0.39, 0.29) is 11.8 Å². The molecular weight excluding hydrogens is 480 g/mol. The predicted molar refractivity (Wildman–Crippen MR) is 146 cm³/mol. The molecule has 8 nitrogen and oxygen atoms in total. The fourth-order valence-electron chi connectivity index (χ4n) is 4.52. The molecule has 0 saturated heterocycles. The quantitative estimate of drug-likeness (QED) is 0.447. The molecule has 3 aromatic rings. The molecule has 0 unspecified atom stereocenters. The second-order valence-corrected chi connectivity index (χ2v) is 10.1. The van der Waals surface area contributed by atoms with Gasteiger partial charge in [0.2, 0.25) is 11.8 Å². The maximum Gasteiger partial charge on any atom is 0.407 e. The molecule has 3 aromatic carbocycles. The summed E-state index contributed by atoms with van der Waals surface area (Å²) in [7, 11) is 1.34. The van der Waals surface area contributed by atoms with E-state index in [1.54, 1.807) is 18.7 Å². The van der Waals surface area contributed by atoms with Crippen molar-refractivity contribution in [2.45, 2.75) is 51.5 Å². The van der Waals surface area contributed by atoms with Gasteiger partial charge in [-0.05, 0) is 47.2 Å². The molecule has 8 heteroatoms. The molecule has 0 aromatic heterocycles. The Hall–Kier alpha value is -4.17. The average molecular weight is 515 g/mol. The number of amides is 3. The van der Waals surface area contributed by atoms with Crippen molar-refractivity contribution in [1.82, 2.24) is 15.5 Å². The molecule has 0 spiro atoms. The van der Waals surface area contributed by atoms with Crippen LogP contribution in [0, 0.1) is 0 Å². The largest absolute Gasteiger partial charge is 0.453 e. The summed E-state index contributed by atoms with van der Waals surface area (Å²) in [4.78, 5) is 39.5. The number of alkyl carbamates (subject to hydrolysis) is 1. The number of nitrogens with two attached hydrogens (primary N) is 1. The maximum absolute atomic E-state index is 13.6. The Balaban J connectivity index is 1.55. The number of hydrogen-bond donors (Lipinski definition) is 3. The van der Waals surface area contributed by atoms with Crippen molar-refractivity contribution in [3.05, 3.63) is 95.1 Å². The van der Waals surface area contributed by atoms with Crippen LogP contribution in [0.5, 0.6) is 0 Å². The van der Waals surface area contributed by atoms with Crippen LogP contribution in [0.1, 0.15) is 36.1 Å². The van der Waals surface area contributed by atoms with Crippen molar-refractivity contribution < 1.29 is 19.1 Å². The van der Waals surface area contributed by atoms with E-state index in [4.69, 9.17) is 5.73 Å². The number of hydrogen-bond acceptors (Lipinski definition) is 5. The van der Waals surface area contributed by atoms with E-state index >= 15 is 0 Å².